The molecule has 2 heteroatoms. The standard InChI is InChI=1S/C15H22O2/c1-12(16)14-8-5-9-15(10-14)17-11-13-6-3-2-4-7-13/h2-4,6-7,12,14-16H,5,8-11H2,1H3. The highest BCUT2D eigenvalue weighted by Crippen LogP contribution is 2.29. The summed E-state index contributed by atoms with van der Waals surface area (Å²) in [5, 5.41) is 9.62. The Kier molecular flexibility index (Phi) is 4.57. The van der Waals surface area contributed by atoms with E-state index in [0.29, 0.717) is 18.6 Å². The molecule has 0 aliphatic heterocycles. The molecule has 0 amide bonds. The number of aliphatic hydroxyl groups excluding tert-OH is 1. The van der Waals surface area contributed by atoms with Crippen molar-refractivity contribution in [2.45, 2.75) is 51.4 Å². The second-order valence-corrected chi connectivity index (χ2v) is 5.09. The maximum Gasteiger partial charge on any atom is 0.0720 e. The van der Waals surface area contributed by atoms with E-state index in [1.54, 1.807) is 0 Å². The summed E-state index contributed by atoms with van der Waals surface area (Å²) < 4.78 is 5.94. The van der Waals surface area contributed by atoms with Crippen molar-refractivity contribution in [3.05, 3.63) is 35.9 Å². The minimum Gasteiger partial charge on any atom is -0.393 e. The minimum absolute atomic E-state index is 0.196. The molecule has 0 bridgehead atoms. The van der Waals surface area contributed by atoms with Crippen molar-refractivity contribution in [3.63, 3.8) is 0 Å². The quantitative estimate of drug-likeness (QED) is 0.867. The van der Waals surface area contributed by atoms with Gasteiger partial charge in [0.05, 0.1) is 18.8 Å². The fraction of sp³-hybridized carbons (Fsp3) is 0.600. The van der Waals surface area contributed by atoms with Gasteiger partial charge in [-0.1, -0.05) is 36.8 Å². The van der Waals surface area contributed by atoms with Crippen LogP contribution in [0.15, 0.2) is 30.3 Å². The van der Waals surface area contributed by atoms with Crippen LogP contribution in [0.3, 0.4) is 0 Å². The molecule has 1 fully saturated rings. The van der Waals surface area contributed by atoms with E-state index in [0.717, 1.165) is 19.3 Å². The highest BCUT2D eigenvalue weighted by Gasteiger charge is 2.25. The lowest BCUT2D eigenvalue weighted by Crippen LogP contribution is -2.28. The van der Waals surface area contributed by atoms with E-state index in [4.69, 9.17) is 4.74 Å². The average Bonchev–Trinajstić information content (AvgIpc) is 2.38. The van der Waals surface area contributed by atoms with Gasteiger partial charge < -0.3 is 9.84 Å². The van der Waals surface area contributed by atoms with Crippen molar-refractivity contribution >= 4 is 0 Å². The second kappa shape index (κ2) is 6.18. The van der Waals surface area contributed by atoms with Gasteiger partial charge in [-0.05, 0) is 37.7 Å². The van der Waals surface area contributed by atoms with Crippen molar-refractivity contribution in [2.75, 3.05) is 0 Å². The van der Waals surface area contributed by atoms with Gasteiger partial charge in [0, 0.05) is 0 Å². The molecule has 1 aromatic carbocycles. The Morgan fingerprint density at radius 1 is 1.29 bits per heavy atom. The predicted octanol–water partition coefficient (Wildman–Crippen LogP) is 3.14. The number of hydrogen-bond donors (Lipinski definition) is 1. The summed E-state index contributed by atoms with van der Waals surface area (Å²) in [6.45, 7) is 2.59. The molecule has 1 aliphatic carbocycles. The van der Waals surface area contributed by atoms with Crippen molar-refractivity contribution in [3.8, 4) is 0 Å². The zero-order chi connectivity index (χ0) is 12.1. The third-order valence-corrected chi connectivity index (χ3v) is 3.68. The Balaban J connectivity index is 1.79. The lowest BCUT2D eigenvalue weighted by Gasteiger charge is -2.30. The SMILES string of the molecule is CC(O)C1CCCC(OCc2ccccc2)C1. The molecule has 94 valence electrons. The number of aliphatic hydroxyl groups is 1. The molecule has 1 aliphatic rings. The maximum atomic E-state index is 9.62. The van der Waals surface area contributed by atoms with Crippen LogP contribution in [0.5, 0.6) is 0 Å². The summed E-state index contributed by atoms with van der Waals surface area (Å²) in [6, 6.07) is 10.3. The monoisotopic (exact) mass is 234 g/mol. The molecule has 0 radical (unpaired) electrons. The number of rotatable bonds is 4. The maximum absolute atomic E-state index is 9.62. The van der Waals surface area contributed by atoms with Crippen molar-refractivity contribution in [2.24, 2.45) is 5.92 Å². The van der Waals surface area contributed by atoms with Gasteiger partial charge in [-0.2, -0.15) is 0 Å². The molecule has 0 heterocycles. The first-order chi connectivity index (χ1) is 8.25. The van der Waals surface area contributed by atoms with Gasteiger partial charge in [-0.25, -0.2) is 0 Å². The Morgan fingerprint density at radius 3 is 2.76 bits per heavy atom. The smallest absolute Gasteiger partial charge is 0.0720 e. The fourth-order valence-electron chi connectivity index (χ4n) is 2.56. The molecule has 2 rings (SSSR count). The number of benzene rings is 1. The summed E-state index contributed by atoms with van der Waals surface area (Å²) in [5.74, 6) is 0.421. The van der Waals surface area contributed by atoms with Gasteiger partial charge in [0.2, 0.25) is 0 Å². The minimum atomic E-state index is -0.196. The second-order valence-electron chi connectivity index (χ2n) is 5.09. The van der Waals surface area contributed by atoms with E-state index in [1.165, 1.54) is 12.0 Å². The summed E-state index contributed by atoms with van der Waals surface area (Å²) in [4.78, 5) is 0. The fourth-order valence-corrected chi connectivity index (χ4v) is 2.56. The average molecular weight is 234 g/mol. The highest BCUT2D eigenvalue weighted by atomic mass is 16.5. The molecular formula is C15H22O2. The van der Waals surface area contributed by atoms with Crippen LogP contribution in [0.1, 0.15) is 38.2 Å². The van der Waals surface area contributed by atoms with Crippen LogP contribution in [-0.2, 0) is 11.3 Å². The van der Waals surface area contributed by atoms with Crippen LogP contribution in [0.4, 0.5) is 0 Å². The van der Waals surface area contributed by atoms with E-state index < -0.39 is 0 Å². The first-order valence-electron chi connectivity index (χ1n) is 6.59. The first kappa shape index (κ1) is 12.6. The van der Waals surface area contributed by atoms with Crippen LogP contribution in [0, 0.1) is 5.92 Å². The van der Waals surface area contributed by atoms with Gasteiger partial charge in [0.1, 0.15) is 0 Å². The third kappa shape index (κ3) is 3.83. The molecule has 1 aromatic rings. The van der Waals surface area contributed by atoms with Gasteiger partial charge in [-0.3, -0.25) is 0 Å². The summed E-state index contributed by atoms with van der Waals surface area (Å²) in [6.07, 6.45) is 4.58. The topological polar surface area (TPSA) is 29.5 Å². The van der Waals surface area contributed by atoms with Crippen LogP contribution in [-0.4, -0.2) is 17.3 Å². The summed E-state index contributed by atoms with van der Waals surface area (Å²) >= 11 is 0. The molecule has 0 spiro atoms. The van der Waals surface area contributed by atoms with Gasteiger partial charge in [0.15, 0.2) is 0 Å². The predicted molar refractivity (Wildman–Crippen MR) is 68.7 cm³/mol. The van der Waals surface area contributed by atoms with Crippen LogP contribution in [0.25, 0.3) is 0 Å². The van der Waals surface area contributed by atoms with Gasteiger partial charge in [0.25, 0.3) is 0 Å². The normalized spacial score (nSPS) is 26.7. The molecule has 0 aromatic heterocycles. The van der Waals surface area contributed by atoms with Crippen LogP contribution >= 0.6 is 0 Å². The van der Waals surface area contributed by atoms with Crippen molar-refractivity contribution in [1.82, 2.24) is 0 Å². The lowest BCUT2D eigenvalue weighted by atomic mass is 9.84. The zero-order valence-electron chi connectivity index (χ0n) is 10.5. The molecule has 3 unspecified atom stereocenters. The largest absolute Gasteiger partial charge is 0.393 e. The Hall–Kier alpha value is -0.860. The van der Waals surface area contributed by atoms with Crippen molar-refractivity contribution in [1.29, 1.82) is 0 Å². The van der Waals surface area contributed by atoms with E-state index >= 15 is 0 Å². The Bertz CT molecular complexity index is 321. The molecular weight excluding hydrogens is 212 g/mol. The van der Waals surface area contributed by atoms with Crippen molar-refractivity contribution < 1.29 is 9.84 Å². The molecule has 2 nitrogen and oxygen atoms in total. The molecule has 0 saturated heterocycles. The van der Waals surface area contributed by atoms with E-state index in [2.05, 4.69) is 12.1 Å². The molecule has 17 heavy (non-hydrogen) atoms. The molecule has 3 atom stereocenters. The molecule has 1 saturated carbocycles. The first-order valence-corrected chi connectivity index (χ1v) is 6.59. The van der Waals surface area contributed by atoms with Gasteiger partial charge in [-0.15, -0.1) is 0 Å². The van der Waals surface area contributed by atoms with E-state index in [1.807, 2.05) is 25.1 Å². The lowest BCUT2D eigenvalue weighted by molar-refractivity contribution is -0.0205. The summed E-state index contributed by atoms with van der Waals surface area (Å²) in [7, 11) is 0. The zero-order valence-corrected chi connectivity index (χ0v) is 10.5. The van der Waals surface area contributed by atoms with Crippen LogP contribution < -0.4 is 0 Å². The number of hydrogen-bond acceptors (Lipinski definition) is 2. The van der Waals surface area contributed by atoms with E-state index in [-0.39, 0.29) is 6.10 Å². The number of ether oxygens (including phenoxy) is 1. The summed E-state index contributed by atoms with van der Waals surface area (Å²) in [5.41, 5.74) is 1.23. The van der Waals surface area contributed by atoms with E-state index in [9.17, 15) is 5.11 Å². The molecule has 1 N–H and O–H groups in total. The highest BCUT2D eigenvalue weighted by molar-refractivity contribution is 5.13. The Labute approximate surface area is 104 Å². The van der Waals surface area contributed by atoms with Crippen LogP contribution in [0.2, 0.25) is 0 Å². The third-order valence-electron chi connectivity index (χ3n) is 3.68. The Morgan fingerprint density at radius 2 is 2.06 bits per heavy atom. The van der Waals surface area contributed by atoms with Gasteiger partial charge >= 0.3 is 0 Å².